The third kappa shape index (κ3) is 4.05. The van der Waals surface area contributed by atoms with Crippen LogP contribution in [0.15, 0.2) is 36.5 Å². The van der Waals surface area contributed by atoms with Gasteiger partial charge in [0, 0.05) is 35.8 Å². The first kappa shape index (κ1) is 14.6. The minimum atomic E-state index is 0. The van der Waals surface area contributed by atoms with E-state index in [4.69, 9.17) is 33.0 Å². The Morgan fingerprint density at radius 1 is 1.12 bits per heavy atom. The zero-order valence-electron chi connectivity index (χ0n) is 9.02. The number of aromatic nitrogens is 1. The van der Waals surface area contributed by atoms with Crippen molar-refractivity contribution in [1.82, 2.24) is 4.98 Å². The smallest absolute Gasteiger partial charge is 0.238 e. The van der Waals surface area contributed by atoms with Crippen LogP contribution in [0.4, 0.5) is 0 Å². The van der Waals surface area contributed by atoms with Crippen LogP contribution in [0, 0.1) is 0 Å². The maximum absolute atomic E-state index is 9.10. The molecule has 0 amide bonds. The van der Waals surface area contributed by atoms with Gasteiger partial charge in [0.05, 0.1) is 5.02 Å². The van der Waals surface area contributed by atoms with E-state index < -0.39 is 0 Å². The third-order valence-corrected chi connectivity index (χ3v) is 2.30. The minimum absolute atomic E-state index is 0. The van der Waals surface area contributed by atoms with E-state index in [0.29, 0.717) is 15.8 Å². The molecular weight excluding hydrogens is 272 g/mol. The Balaban J connectivity index is 0.00000144. The van der Waals surface area contributed by atoms with Crippen LogP contribution in [-0.4, -0.2) is 39.6 Å². The van der Waals surface area contributed by atoms with E-state index >= 15 is 0 Å². The zero-order chi connectivity index (χ0) is 11.5. The van der Waals surface area contributed by atoms with Crippen LogP contribution in [0.2, 0.25) is 10.0 Å². The van der Waals surface area contributed by atoms with Gasteiger partial charge in [-0.1, -0.05) is 23.2 Å². The summed E-state index contributed by atoms with van der Waals surface area (Å²) >= 11 is 11.6. The van der Waals surface area contributed by atoms with Crippen molar-refractivity contribution < 1.29 is 9.84 Å². The molecule has 1 aromatic carbocycles. The van der Waals surface area contributed by atoms with Crippen LogP contribution >= 0.6 is 23.2 Å². The molecular formula is C11H7Cl2NNaO2. The predicted molar refractivity (Wildman–Crippen MR) is 68.2 cm³/mol. The third-order valence-electron chi connectivity index (χ3n) is 1.83. The maximum atomic E-state index is 9.10. The van der Waals surface area contributed by atoms with Crippen molar-refractivity contribution in [2.24, 2.45) is 0 Å². The van der Waals surface area contributed by atoms with Crippen molar-refractivity contribution in [1.29, 1.82) is 0 Å². The second-order valence-corrected chi connectivity index (χ2v) is 3.88. The van der Waals surface area contributed by atoms with E-state index in [2.05, 4.69) is 4.98 Å². The number of ether oxygens (including phenoxy) is 1. The Morgan fingerprint density at radius 3 is 2.35 bits per heavy atom. The molecule has 1 N–H and O–H groups in total. The van der Waals surface area contributed by atoms with Gasteiger partial charge in [0.1, 0.15) is 16.5 Å². The average Bonchev–Trinajstić information content (AvgIpc) is 2.25. The van der Waals surface area contributed by atoms with Crippen molar-refractivity contribution in [2.75, 3.05) is 0 Å². The summed E-state index contributed by atoms with van der Waals surface area (Å²) in [6.07, 6.45) is 1.45. The fourth-order valence-corrected chi connectivity index (χ4v) is 1.52. The molecule has 17 heavy (non-hydrogen) atoms. The SMILES string of the molecule is Oc1ccc(Oc2ncc(Cl)cc2Cl)cc1.[Na]. The first-order valence-electron chi connectivity index (χ1n) is 4.43. The molecule has 6 heteroatoms. The number of halogens is 2. The fraction of sp³-hybridized carbons (Fsp3) is 0. The zero-order valence-corrected chi connectivity index (χ0v) is 12.5. The van der Waals surface area contributed by atoms with Gasteiger partial charge in [-0.3, -0.25) is 0 Å². The summed E-state index contributed by atoms with van der Waals surface area (Å²) in [5.74, 6) is 0.980. The molecule has 83 valence electrons. The molecule has 1 radical (unpaired) electrons. The summed E-state index contributed by atoms with van der Waals surface area (Å²) in [6, 6.07) is 7.80. The minimum Gasteiger partial charge on any atom is -0.508 e. The van der Waals surface area contributed by atoms with E-state index in [9.17, 15) is 0 Å². The topological polar surface area (TPSA) is 42.4 Å². The number of phenolic OH excluding ortho intramolecular Hbond substituents is 1. The van der Waals surface area contributed by atoms with Gasteiger partial charge < -0.3 is 9.84 Å². The van der Waals surface area contributed by atoms with Crippen molar-refractivity contribution in [3.63, 3.8) is 0 Å². The predicted octanol–water partition coefficient (Wildman–Crippen LogP) is 3.51. The van der Waals surface area contributed by atoms with Gasteiger partial charge in [-0.05, 0) is 30.3 Å². The molecule has 0 spiro atoms. The molecule has 0 saturated heterocycles. The van der Waals surface area contributed by atoms with Gasteiger partial charge in [0.15, 0.2) is 0 Å². The van der Waals surface area contributed by atoms with Crippen LogP contribution in [0.1, 0.15) is 0 Å². The van der Waals surface area contributed by atoms with E-state index in [-0.39, 0.29) is 41.2 Å². The number of aromatic hydroxyl groups is 1. The molecule has 0 aliphatic heterocycles. The fourth-order valence-electron chi connectivity index (χ4n) is 1.10. The molecule has 0 saturated carbocycles. The quantitative estimate of drug-likeness (QED) is 0.855. The van der Waals surface area contributed by atoms with E-state index in [1.807, 2.05) is 0 Å². The molecule has 1 aromatic heterocycles. The molecule has 3 nitrogen and oxygen atoms in total. The van der Waals surface area contributed by atoms with Crippen LogP contribution in [0.5, 0.6) is 17.4 Å². The largest absolute Gasteiger partial charge is 0.508 e. The van der Waals surface area contributed by atoms with Crippen molar-refractivity contribution in [2.45, 2.75) is 0 Å². The van der Waals surface area contributed by atoms with E-state index in [1.54, 1.807) is 18.2 Å². The molecule has 1 heterocycles. The molecule has 0 bridgehead atoms. The van der Waals surface area contributed by atoms with Crippen LogP contribution in [0.3, 0.4) is 0 Å². The number of rotatable bonds is 2. The van der Waals surface area contributed by atoms with Crippen LogP contribution < -0.4 is 4.74 Å². The molecule has 2 aromatic rings. The number of hydrogen-bond donors (Lipinski definition) is 1. The van der Waals surface area contributed by atoms with Gasteiger partial charge in [-0.25, -0.2) is 4.98 Å². The second kappa shape index (κ2) is 6.47. The standard InChI is InChI=1S/C11H7Cl2NO2.Na/c12-7-5-10(13)11(14-6-7)16-9-3-1-8(15)2-4-9;/h1-6,15H;. The monoisotopic (exact) mass is 278 g/mol. The normalized spacial score (nSPS) is 9.53. The summed E-state index contributed by atoms with van der Waals surface area (Å²) in [5.41, 5.74) is 0. The van der Waals surface area contributed by atoms with Crippen LogP contribution in [-0.2, 0) is 0 Å². The molecule has 0 atom stereocenters. The summed E-state index contributed by atoms with van der Waals surface area (Å²) in [4.78, 5) is 3.95. The molecule has 2 rings (SSSR count). The maximum Gasteiger partial charge on any atom is 0.238 e. The first-order chi connectivity index (χ1) is 7.65. The van der Waals surface area contributed by atoms with E-state index in [1.165, 1.54) is 18.3 Å². The van der Waals surface area contributed by atoms with Crippen molar-refractivity contribution in [3.05, 3.63) is 46.6 Å². The summed E-state index contributed by atoms with van der Waals surface area (Å²) in [7, 11) is 0. The Kier molecular flexibility index (Phi) is 5.56. The molecule has 0 aliphatic carbocycles. The van der Waals surface area contributed by atoms with Gasteiger partial charge in [-0.15, -0.1) is 0 Å². The van der Waals surface area contributed by atoms with Gasteiger partial charge in [0.2, 0.25) is 5.88 Å². The van der Waals surface area contributed by atoms with Gasteiger partial charge in [0.25, 0.3) is 0 Å². The number of phenols is 1. The number of benzene rings is 1. The molecule has 0 fully saturated rings. The number of pyridine rings is 1. The van der Waals surface area contributed by atoms with E-state index in [0.717, 1.165) is 0 Å². The first-order valence-corrected chi connectivity index (χ1v) is 5.18. The number of nitrogens with zero attached hydrogens (tertiary/aromatic N) is 1. The average molecular weight is 279 g/mol. The van der Waals surface area contributed by atoms with Crippen LogP contribution in [0.25, 0.3) is 0 Å². The molecule has 0 aliphatic rings. The van der Waals surface area contributed by atoms with Crippen molar-refractivity contribution >= 4 is 52.8 Å². The Hall–Kier alpha value is -0.450. The summed E-state index contributed by atoms with van der Waals surface area (Å²) < 4.78 is 5.41. The Labute approximate surface area is 131 Å². The molecule has 0 unspecified atom stereocenters. The Bertz CT molecular complexity index is 505. The number of hydrogen-bond acceptors (Lipinski definition) is 3. The summed E-state index contributed by atoms with van der Waals surface area (Å²) in [5, 5.41) is 9.88. The van der Waals surface area contributed by atoms with Crippen molar-refractivity contribution in [3.8, 4) is 17.4 Å². The second-order valence-electron chi connectivity index (χ2n) is 3.04. The Morgan fingerprint density at radius 2 is 1.76 bits per heavy atom. The van der Waals surface area contributed by atoms with Gasteiger partial charge >= 0.3 is 0 Å². The van der Waals surface area contributed by atoms with Gasteiger partial charge in [-0.2, -0.15) is 0 Å². The summed E-state index contributed by atoms with van der Waals surface area (Å²) in [6.45, 7) is 0.